The molecule has 0 aromatic carbocycles. The number of nitrogens with one attached hydrogen (secondary N) is 1. The highest BCUT2D eigenvalue weighted by molar-refractivity contribution is 7.10. The van der Waals surface area contributed by atoms with Crippen molar-refractivity contribution in [1.82, 2.24) is 4.37 Å². The number of rotatable bonds is 5. The normalized spacial score (nSPS) is 10.7. The van der Waals surface area contributed by atoms with E-state index in [2.05, 4.69) is 23.5 Å². The largest absolute Gasteiger partial charge is 0.478 e. The van der Waals surface area contributed by atoms with Crippen LogP contribution in [-0.4, -0.2) is 22.0 Å². The minimum absolute atomic E-state index is 0.309. The van der Waals surface area contributed by atoms with Crippen LogP contribution in [-0.2, 0) is 0 Å². The predicted octanol–water partition coefficient (Wildman–Crippen LogP) is 2.61. The molecule has 1 heterocycles. The summed E-state index contributed by atoms with van der Waals surface area (Å²) in [7, 11) is 0. The quantitative estimate of drug-likeness (QED) is 0.813. The molecule has 0 saturated carbocycles. The average molecular weight is 228 g/mol. The van der Waals surface area contributed by atoms with Crippen molar-refractivity contribution in [3.63, 3.8) is 0 Å². The van der Waals surface area contributed by atoms with Gasteiger partial charge in [-0.1, -0.05) is 13.8 Å². The fraction of sp³-hybridized carbons (Fsp3) is 0.600. The van der Waals surface area contributed by atoms with Gasteiger partial charge < -0.3 is 10.4 Å². The lowest BCUT2D eigenvalue weighted by molar-refractivity contribution is 0.0697. The van der Waals surface area contributed by atoms with Crippen molar-refractivity contribution in [3.8, 4) is 0 Å². The Labute approximate surface area is 93.5 Å². The second-order valence-electron chi connectivity index (χ2n) is 3.89. The van der Waals surface area contributed by atoms with E-state index in [1.54, 1.807) is 6.92 Å². The number of carboxylic acids is 1. The molecule has 2 N–H and O–H groups in total. The summed E-state index contributed by atoms with van der Waals surface area (Å²) in [5.74, 6) is -0.298. The van der Waals surface area contributed by atoms with E-state index in [0.717, 1.165) is 13.0 Å². The lowest BCUT2D eigenvalue weighted by Gasteiger charge is -2.06. The lowest BCUT2D eigenvalue weighted by Crippen LogP contribution is -2.07. The van der Waals surface area contributed by atoms with Gasteiger partial charge in [-0.05, 0) is 30.8 Å². The first kappa shape index (κ1) is 12.0. The Hall–Kier alpha value is -1.10. The van der Waals surface area contributed by atoms with Crippen LogP contribution in [0.5, 0.6) is 0 Å². The summed E-state index contributed by atoms with van der Waals surface area (Å²) in [4.78, 5) is 10.9. The van der Waals surface area contributed by atoms with Crippen LogP contribution < -0.4 is 5.32 Å². The SMILES string of the molecule is Cc1nsc(NCCC(C)C)c1C(=O)O. The molecule has 0 aliphatic rings. The summed E-state index contributed by atoms with van der Waals surface area (Å²) in [5, 5.41) is 12.8. The van der Waals surface area contributed by atoms with E-state index in [1.807, 2.05) is 0 Å². The van der Waals surface area contributed by atoms with Gasteiger partial charge in [-0.25, -0.2) is 4.79 Å². The van der Waals surface area contributed by atoms with E-state index in [0.29, 0.717) is 22.2 Å². The zero-order valence-electron chi connectivity index (χ0n) is 9.20. The van der Waals surface area contributed by atoms with Crippen molar-refractivity contribution >= 4 is 22.5 Å². The van der Waals surface area contributed by atoms with Crippen molar-refractivity contribution in [1.29, 1.82) is 0 Å². The van der Waals surface area contributed by atoms with E-state index in [1.165, 1.54) is 11.5 Å². The van der Waals surface area contributed by atoms with Crippen LogP contribution >= 0.6 is 11.5 Å². The average Bonchev–Trinajstić information content (AvgIpc) is 2.46. The predicted molar refractivity (Wildman–Crippen MR) is 61.8 cm³/mol. The highest BCUT2D eigenvalue weighted by Crippen LogP contribution is 2.24. The number of hydrogen-bond acceptors (Lipinski definition) is 4. The molecule has 5 heteroatoms. The minimum atomic E-state index is -0.909. The van der Waals surface area contributed by atoms with Crippen molar-refractivity contribution in [3.05, 3.63) is 11.3 Å². The molecule has 1 rings (SSSR count). The van der Waals surface area contributed by atoms with E-state index in [4.69, 9.17) is 5.11 Å². The molecule has 1 aromatic heterocycles. The van der Waals surface area contributed by atoms with Crippen LogP contribution in [0.2, 0.25) is 0 Å². The third kappa shape index (κ3) is 3.20. The van der Waals surface area contributed by atoms with Gasteiger partial charge in [0.25, 0.3) is 0 Å². The standard InChI is InChI=1S/C10H16N2O2S/c1-6(2)4-5-11-9-8(10(13)14)7(3)12-15-9/h6,11H,4-5H2,1-3H3,(H,13,14). The van der Waals surface area contributed by atoms with Crippen molar-refractivity contribution < 1.29 is 9.90 Å². The molecular formula is C10H16N2O2S. The van der Waals surface area contributed by atoms with Gasteiger partial charge in [0.05, 0.1) is 5.69 Å². The summed E-state index contributed by atoms with van der Waals surface area (Å²) in [6.07, 6.45) is 1.02. The van der Waals surface area contributed by atoms with Gasteiger partial charge in [0.1, 0.15) is 10.6 Å². The zero-order chi connectivity index (χ0) is 11.4. The van der Waals surface area contributed by atoms with E-state index in [-0.39, 0.29) is 0 Å². The molecule has 4 nitrogen and oxygen atoms in total. The number of carboxylic acid groups (broad SMARTS) is 1. The Kier molecular flexibility index (Phi) is 4.08. The first-order valence-corrected chi connectivity index (χ1v) is 5.73. The second-order valence-corrected chi connectivity index (χ2v) is 4.66. The maximum atomic E-state index is 10.9. The van der Waals surface area contributed by atoms with Crippen molar-refractivity contribution in [2.24, 2.45) is 5.92 Å². The topological polar surface area (TPSA) is 62.2 Å². The first-order chi connectivity index (χ1) is 7.02. The van der Waals surface area contributed by atoms with Gasteiger partial charge in [-0.3, -0.25) is 0 Å². The summed E-state index contributed by atoms with van der Waals surface area (Å²) in [6.45, 7) is 6.78. The molecule has 0 amide bonds. The zero-order valence-corrected chi connectivity index (χ0v) is 10.0. The van der Waals surface area contributed by atoms with Gasteiger partial charge in [0.2, 0.25) is 0 Å². The molecule has 0 spiro atoms. The molecule has 1 aromatic rings. The number of carbonyl (C=O) groups is 1. The van der Waals surface area contributed by atoms with Crippen LogP contribution in [0, 0.1) is 12.8 Å². The molecule has 0 radical (unpaired) electrons. The minimum Gasteiger partial charge on any atom is -0.478 e. The van der Waals surface area contributed by atoms with Crippen LogP contribution in [0.15, 0.2) is 0 Å². The van der Waals surface area contributed by atoms with Crippen molar-refractivity contribution in [2.45, 2.75) is 27.2 Å². The Morgan fingerprint density at radius 3 is 2.80 bits per heavy atom. The van der Waals surface area contributed by atoms with Gasteiger partial charge >= 0.3 is 5.97 Å². The number of aromatic nitrogens is 1. The second kappa shape index (κ2) is 5.11. The first-order valence-electron chi connectivity index (χ1n) is 4.95. The highest BCUT2D eigenvalue weighted by Gasteiger charge is 2.16. The molecule has 0 bridgehead atoms. The summed E-state index contributed by atoms with van der Waals surface area (Å²) in [5.41, 5.74) is 0.892. The Morgan fingerprint density at radius 1 is 1.60 bits per heavy atom. The maximum Gasteiger partial charge on any atom is 0.340 e. The summed E-state index contributed by atoms with van der Waals surface area (Å²) < 4.78 is 4.03. The van der Waals surface area contributed by atoms with Crippen LogP contribution in [0.25, 0.3) is 0 Å². The molecule has 84 valence electrons. The smallest absolute Gasteiger partial charge is 0.340 e. The third-order valence-corrected chi connectivity index (χ3v) is 2.98. The number of aryl methyl sites for hydroxylation is 1. The third-order valence-electron chi connectivity index (χ3n) is 2.08. The number of aromatic carboxylic acids is 1. The lowest BCUT2D eigenvalue weighted by atomic mass is 10.1. The van der Waals surface area contributed by atoms with Crippen LogP contribution in [0.3, 0.4) is 0 Å². The Morgan fingerprint density at radius 2 is 2.27 bits per heavy atom. The fourth-order valence-corrected chi connectivity index (χ4v) is 2.03. The molecule has 0 fully saturated rings. The number of nitrogens with zero attached hydrogens (tertiary/aromatic N) is 1. The van der Waals surface area contributed by atoms with E-state index >= 15 is 0 Å². The maximum absolute atomic E-state index is 10.9. The highest BCUT2D eigenvalue weighted by atomic mass is 32.1. The fourth-order valence-electron chi connectivity index (χ4n) is 1.22. The Bertz CT molecular complexity index is 347. The van der Waals surface area contributed by atoms with Gasteiger partial charge in [0, 0.05) is 6.54 Å². The van der Waals surface area contributed by atoms with Crippen LogP contribution in [0.4, 0.5) is 5.00 Å². The van der Waals surface area contributed by atoms with E-state index < -0.39 is 5.97 Å². The summed E-state index contributed by atoms with van der Waals surface area (Å²) >= 11 is 1.21. The monoisotopic (exact) mass is 228 g/mol. The molecule has 0 aliphatic carbocycles. The number of hydrogen-bond donors (Lipinski definition) is 2. The van der Waals surface area contributed by atoms with Gasteiger partial charge in [-0.15, -0.1) is 0 Å². The molecule has 0 aliphatic heterocycles. The number of anilines is 1. The van der Waals surface area contributed by atoms with Gasteiger partial charge in [0.15, 0.2) is 0 Å². The summed E-state index contributed by atoms with van der Waals surface area (Å²) in [6, 6.07) is 0. The van der Waals surface area contributed by atoms with E-state index in [9.17, 15) is 4.79 Å². The molecular weight excluding hydrogens is 212 g/mol. The van der Waals surface area contributed by atoms with Crippen molar-refractivity contribution in [2.75, 3.05) is 11.9 Å². The molecule has 0 saturated heterocycles. The van der Waals surface area contributed by atoms with Crippen LogP contribution in [0.1, 0.15) is 36.3 Å². The molecule has 15 heavy (non-hydrogen) atoms. The van der Waals surface area contributed by atoms with Gasteiger partial charge in [-0.2, -0.15) is 4.37 Å². The molecule has 0 atom stereocenters. The molecule has 0 unspecified atom stereocenters. The Balaban J connectivity index is 2.65.